The van der Waals surface area contributed by atoms with Gasteiger partial charge in [-0.3, -0.25) is 4.79 Å². The number of halogens is 1. The molecule has 0 bridgehead atoms. The Morgan fingerprint density at radius 1 is 1.60 bits per heavy atom. The van der Waals surface area contributed by atoms with E-state index in [9.17, 15) is 4.79 Å². The molecule has 0 saturated carbocycles. The molecule has 2 heterocycles. The minimum absolute atomic E-state index is 0.0309. The zero-order chi connectivity index (χ0) is 11.0. The molecule has 0 spiro atoms. The van der Waals surface area contributed by atoms with E-state index in [1.807, 2.05) is 23.6 Å². The summed E-state index contributed by atoms with van der Waals surface area (Å²) in [4.78, 5) is 14.8. The van der Waals surface area contributed by atoms with Crippen LogP contribution in [-0.4, -0.2) is 20.5 Å². The molecule has 15 heavy (non-hydrogen) atoms. The number of aliphatic carboxylic acids is 1. The van der Waals surface area contributed by atoms with Gasteiger partial charge in [0.2, 0.25) is 0 Å². The Bertz CT molecular complexity index is 533. The van der Waals surface area contributed by atoms with Crippen LogP contribution in [0.25, 0.3) is 5.65 Å². The average Bonchev–Trinajstić information content (AvgIpc) is 2.45. The first kappa shape index (κ1) is 10.4. The molecule has 1 N–H and O–H groups in total. The number of hydrogen-bond acceptors (Lipinski definition) is 2. The van der Waals surface area contributed by atoms with Gasteiger partial charge in [-0.05, 0) is 41.1 Å². The van der Waals surface area contributed by atoms with Crippen molar-refractivity contribution in [1.29, 1.82) is 0 Å². The van der Waals surface area contributed by atoms with Crippen molar-refractivity contribution in [1.82, 2.24) is 9.38 Å². The lowest BCUT2D eigenvalue weighted by Gasteiger charge is -1.97. The molecular formula is C10H9IN2O2. The van der Waals surface area contributed by atoms with E-state index in [1.54, 1.807) is 6.20 Å². The van der Waals surface area contributed by atoms with Crippen molar-refractivity contribution >= 4 is 34.2 Å². The molecule has 0 aliphatic rings. The summed E-state index contributed by atoms with van der Waals surface area (Å²) in [5.41, 5.74) is 2.54. The third-order valence-electron chi connectivity index (χ3n) is 2.03. The zero-order valence-electron chi connectivity index (χ0n) is 8.07. The molecule has 0 amide bonds. The van der Waals surface area contributed by atoms with Crippen molar-refractivity contribution < 1.29 is 9.90 Å². The maximum Gasteiger partial charge on any atom is 0.309 e. The van der Waals surface area contributed by atoms with Gasteiger partial charge in [0.1, 0.15) is 0 Å². The van der Waals surface area contributed by atoms with E-state index >= 15 is 0 Å². The predicted molar refractivity (Wildman–Crippen MR) is 64.0 cm³/mol. The maximum absolute atomic E-state index is 10.5. The summed E-state index contributed by atoms with van der Waals surface area (Å²) in [6, 6.07) is 2.02. The number of rotatable bonds is 2. The quantitative estimate of drug-likeness (QED) is 0.861. The number of hydrogen-bond donors (Lipinski definition) is 1. The molecule has 0 aromatic carbocycles. The standard InChI is InChI=1S/C10H9IN2O2/c1-6-2-8(11)10-12-7(3-9(14)15)5-13(10)4-6/h2,4-5H,3H2,1H3,(H,14,15). The Morgan fingerprint density at radius 2 is 2.33 bits per heavy atom. The van der Waals surface area contributed by atoms with Crippen molar-refractivity contribution in [2.75, 3.05) is 0 Å². The van der Waals surface area contributed by atoms with Gasteiger partial charge in [0.15, 0.2) is 5.65 Å². The monoisotopic (exact) mass is 316 g/mol. The molecule has 78 valence electrons. The molecule has 0 saturated heterocycles. The van der Waals surface area contributed by atoms with Crippen LogP contribution in [0.2, 0.25) is 0 Å². The lowest BCUT2D eigenvalue weighted by Crippen LogP contribution is -1.99. The van der Waals surface area contributed by atoms with Gasteiger partial charge >= 0.3 is 5.97 Å². The Hall–Kier alpha value is -1.11. The van der Waals surface area contributed by atoms with Gasteiger partial charge < -0.3 is 9.51 Å². The third-order valence-corrected chi connectivity index (χ3v) is 2.82. The summed E-state index contributed by atoms with van der Waals surface area (Å²) in [5.74, 6) is -0.856. The fourth-order valence-corrected chi connectivity index (χ4v) is 2.37. The Balaban J connectivity index is 2.55. The summed E-state index contributed by atoms with van der Waals surface area (Å²) in [6.45, 7) is 2.00. The van der Waals surface area contributed by atoms with Crippen LogP contribution in [0, 0.1) is 10.5 Å². The van der Waals surface area contributed by atoms with Gasteiger partial charge in [-0.25, -0.2) is 4.98 Å². The van der Waals surface area contributed by atoms with Crippen LogP contribution in [0.15, 0.2) is 18.5 Å². The first-order chi connectivity index (χ1) is 7.06. The first-order valence-corrected chi connectivity index (χ1v) is 5.49. The van der Waals surface area contributed by atoms with Gasteiger partial charge in [0, 0.05) is 12.4 Å². The van der Waals surface area contributed by atoms with E-state index in [0.717, 1.165) is 14.8 Å². The van der Waals surface area contributed by atoms with Crippen LogP contribution >= 0.6 is 22.6 Å². The zero-order valence-corrected chi connectivity index (χ0v) is 10.2. The number of imidazole rings is 1. The molecule has 0 aliphatic heterocycles. The molecule has 0 fully saturated rings. The number of carboxylic acid groups (broad SMARTS) is 1. The summed E-state index contributed by atoms with van der Waals surface area (Å²) in [7, 11) is 0. The normalized spacial score (nSPS) is 10.8. The summed E-state index contributed by atoms with van der Waals surface area (Å²) in [5, 5.41) is 8.66. The number of carboxylic acids is 1. The Kier molecular flexibility index (Phi) is 2.64. The molecule has 4 nitrogen and oxygen atoms in total. The van der Waals surface area contributed by atoms with E-state index in [2.05, 4.69) is 27.6 Å². The van der Waals surface area contributed by atoms with E-state index in [-0.39, 0.29) is 6.42 Å². The van der Waals surface area contributed by atoms with E-state index in [0.29, 0.717) is 5.69 Å². The number of aromatic nitrogens is 2. The smallest absolute Gasteiger partial charge is 0.309 e. The molecule has 2 aromatic rings. The number of carbonyl (C=O) groups is 1. The molecule has 0 unspecified atom stereocenters. The lowest BCUT2D eigenvalue weighted by molar-refractivity contribution is -0.136. The molecule has 5 heteroatoms. The highest BCUT2D eigenvalue weighted by molar-refractivity contribution is 14.1. The minimum Gasteiger partial charge on any atom is -0.481 e. The van der Waals surface area contributed by atoms with Crippen LogP contribution in [0.5, 0.6) is 0 Å². The van der Waals surface area contributed by atoms with Crippen molar-refractivity contribution in [3.8, 4) is 0 Å². The molecule has 0 atom stereocenters. The van der Waals surface area contributed by atoms with Crippen LogP contribution in [0.1, 0.15) is 11.3 Å². The van der Waals surface area contributed by atoms with Crippen LogP contribution in [-0.2, 0) is 11.2 Å². The molecule has 0 aliphatic carbocycles. The van der Waals surface area contributed by atoms with Crippen molar-refractivity contribution in [3.05, 3.63) is 33.3 Å². The van der Waals surface area contributed by atoms with Crippen LogP contribution in [0.3, 0.4) is 0 Å². The van der Waals surface area contributed by atoms with Crippen molar-refractivity contribution in [2.45, 2.75) is 13.3 Å². The fourth-order valence-electron chi connectivity index (χ4n) is 1.48. The van der Waals surface area contributed by atoms with E-state index < -0.39 is 5.97 Å². The Labute approximate surface area is 100 Å². The van der Waals surface area contributed by atoms with Gasteiger partial charge in [0.25, 0.3) is 0 Å². The van der Waals surface area contributed by atoms with Gasteiger partial charge in [-0.2, -0.15) is 0 Å². The van der Waals surface area contributed by atoms with Gasteiger partial charge in [0.05, 0.1) is 15.7 Å². The van der Waals surface area contributed by atoms with Crippen molar-refractivity contribution in [2.24, 2.45) is 0 Å². The lowest BCUT2D eigenvalue weighted by atomic mass is 10.3. The number of pyridine rings is 1. The summed E-state index contributed by atoms with van der Waals surface area (Å²) in [6.07, 6.45) is 3.67. The maximum atomic E-state index is 10.5. The number of aryl methyl sites for hydroxylation is 1. The van der Waals surface area contributed by atoms with Gasteiger partial charge in [-0.1, -0.05) is 0 Å². The number of fused-ring (bicyclic) bond motifs is 1. The highest BCUT2D eigenvalue weighted by Gasteiger charge is 2.08. The van der Waals surface area contributed by atoms with Gasteiger partial charge in [-0.15, -0.1) is 0 Å². The second-order valence-corrected chi connectivity index (χ2v) is 4.56. The summed E-state index contributed by atoms with van der Waals surface area (Å²) >= 11 is 2.20. The highest BCUT2D eigenvalue weighted by atomic mass is 127. The SMILES string of the molecule is Cc1cc(I)c2nc(CC(=O)O)cn2c1. The fraction of sp³-hybridized carbons (Fsp3) is 0.200. The Morgan fingerprint density at radius 3 is 3.00 bits per heavy atom. The first-order valence-electron chi connectivity index (χ1n) is 4.42. The van der Waals surface area contributed by atoms with E-state index in [4.69, 9.17) is 5.11 Å². The average molecular weight is 316 g/mol. The van der Waals surface area contributed by atoms with Crippen LogP contribution < -0.4 is 0 Å². The predicted octanol–water partition coefficient (Wildman–Crippen LogP) is 1.87. The van der Waals surface area contributed by atoms with Crippen LogP contribution in [0.4, 0.5) is 0 Å². The minimum atomic E-state index is -0.856. The second-order valence-electron chi connectivity index (χ2n) is 3.40. The highest BCUT2D eigenvalue weighted by Crippen LogP contribution is 2.15. The third kappa shape index (κ3) is 2.11. The van der Waals surface area contributed by atoms with E-state index in [1.165, 1.54) is 0 Å². The molecule has 2 aromatic heterocycles. The topological polar surface area (TPSA) is 54.6 Å². The molecule has 2 rings (SSSR count). The second kappa shape index (κ2) is 3.80. The summed E-state index contributed by atoms with van der Waals surface area (Å²) < 4.78 is 2.90. The molecule has 0 radical (unpaired) electrons. The van der Waals surface area contributed by atoms with Crippen molar-refractivity contribution in [3.63, 3.8) is 0 Å². The largest absolute Gasteiger partial charge is 0.481 e. The number of nitrogens with zero attached hydrogens (tertiary/aromatic N) is 2. The molecular weight excluding hydrogens is 307 g/mol.